The summed E-state index contributed by atoms with van der Waals surface area (Å²) in [5.41, 5.74) is 0.821. The molecule has 0 bridgehead atoms. The van der Waals surface area contributed by atoms with Gasteiger partial charge in [0, 0.05) is 12.1 Å². The summed E-state index contributed by atoms with van der Waals surface area (Å²) >= 11 is 0. The molecule has 0 atom stereocenters. The lowest BCUT2D eigenvalue weighted by Crippen LogP contribution is -2.16. The highest BCUT2D eigenvalue weighted by Gasteiger charge is 2.11. The standard InChI is InChI=1S/C19H19NO5/c1-3-18(22)20-14-4-8-16(9-5-14)24-12-13(2)19(23)25-17-10-6-15(21)7-11-17/h4-11,21H,2-3,12H2,1H3,(H,20,22). The maximum absolute atomic E-state index is 11.9. The molecule has 0 aliphatic rings. The molecule has 2 aromatic carbocycles. The van der Waals surface area contributed by atoms with Crippen LogP contribution in [0.1, 0.15) is 13.3 Å². The number of benzene rings is 2. The van der Waals surface area contributed by atoms with Gasteiger partial charge in [-0.3, -0.25) is 4.79 Å². The second kappa shape index (κ2) is 8.54. The summed E-state index contributed by atoms with van der Waals surface area (Å²) in [5.74, 6) is 0.241. The molecule has 130 valence electrons. The Kier molecular flexibility index (Phi) is 6.17. The first-order valence-electron chi connectivity index (χ1n) is 7.69. The predicted octanol–water partition coefficient (Wildman–Crippen LogP) is 3.28. The molecule has 0 heterocycles. The van der Waals surface area contributed by atoms with Crippen LogP contribution in [0.4, 0.5) is 5.69 Å². The number of esters is 1. The van der Waals surface area contributed by atoms with Gasteiger partial charge >= 0.3 is 5.97 Å². The summed E-state index contributed by atoms with van der Waals surface area (Å²) in [6.45, 7) is 5.39. The van der Waals surface area contributed by atoms with Crippen LogP contribution in [-0.2, 0) is 9.59 Å². The number of rotatable bonds is 7. The highest BCUT2D eigenvalue weighted by molar-refractivity contribution is 5.90. The van der Waals surface area contributed by atoms with Gasteiger partial charge in [-0.05, 0) is 48.5 Å². The summed E-state index contributed by atoms with van der Waals surface area (Å²) in [5, 5.41) is 11.9. The van der Waals surface area contributed by atoms with Crippen molar-refractivity contribution < 1.29 is 24.2 Å². The van der Waals surface area contributed by atoms with Gasteiger partial charge in [0.25, 0.3) is 0 Å². The van der Waals surface area contributed by atoms with Crippen molar-refractivity contribution in [3.63, 3.8) is 0 Å². The number of phenolic OH excluding ortho intramolecular Hbond substituents is 1. The zero-order valence-corrected chi connectivity index (χ0v) is 13.8. The molecule has 2 N–H and O–H groups in total. The van der Waals surface area contributed by atoms with E-state index in [2.05, 4.69) is 11.9 Å². The SMILES string of the molecule is C=C(COc1ccc(NC(=O)CC)cc1)C(=O)Oc1ccc(O)cc1. The second-order valence-corrected chi connectivity index (χ2v) is 5.20. The van der Waals surface area contributed by atoms with Crippen molar-refractivity contribution in [2.24, 2.45) is 0 Å². The van der Waals surface area contributed by atoms with Crippen molar-refractivity contribution >= 4 is 17.6 Å². The molecule has 0 saturated carbocycles. The van der Waals surface area contributed by atoms with E-state index < -0.39 is 5.97 Å². The predicted molar refractivity (Wildman–Crippen MR) is 93.7 cm³/mol. The molecule has 0 saturated heterocycles. The Balaban J connectivity index is 1.83. The third-order valence-corrected chi connectivity index (χ3v) is 3.21. The van der Waals surface area contributed by atoms with E-state index in [4.69, 9.17) is 9.47 Å². The largest absolute Gasteiger partial charge is 0.508 e. The number of phenols is 1. The van der Waals surface area contributed by atoms with E-state index in [1.807, 2.05) is 0 Å². The Bertz CT molecular complexity index is 750. The van der Waals surface area contributed by atoms with Gasteiger partial charge in [-0.25, -0.2) is 4.79 Å². The Morgan fingerprint density at radius 3 is 2.24 bits per heavy atom. The van der Waals surface area contributed by atoms with Crippen LogP contribution in [0.2, 0.25) is 0 Å². The van der Waals surface area contributed by atoms with Gasteiger partial charge in [-0.1, -0.05) is 13.5 Å². The third-order valence-electron chi connectivity index (χ3n) is 3.21. The maximum Gasteiger partial charge on any atom is 0.342 e. The lowest BCUT2D eigenvalue weighted by Gasteiger charge is -2.10. The van der Waals surface area contributed by atoms with Crippen LogP contribution in [0.3, 0.4) is 0 Å². The van der Waals surface area contributed by atoms with Crippen molar-refractivity contribution in [1.82, 2.24) is 0 Å². The zero-order chi connectivity index (χ0) is 18.2. The quantitative estimate of drug-likeness (QED) is 0.459. The first kappa shape index (κ1) is 18.1. The molecule has 0 aromatic heterocycles. The number of amides is 1. The van der Waals surface area contributed by atoms with Gasteiger partial charge in [-0.2, -0.15) is 0 Å². The molecule has 0 spiro atoms. The third kappa shape index (κ3) is 5.69. The summed E-state index contributed by atoms with van der Waals surface area (Å²) in [4.78, 5) is 23.2. The molecule has 2 rings (SSSR count). The Labute approximate surface area is 145 Å². The molecule has 0 radical (unpaired) electrons. The van der Waals surface area contributed by atoms with Crippen LogP contribution in [0, 0.1) is 0 Å². The number of ether oxygens (including phenoxy) is 2. The van der Waals surface area contributed by atoms with Crippen LogP contribution < -0.4 is 14.8 Å². The second-order valence-electron chi connectivity index (χ2n) is 5.20. The van der Waals surface area contributed by atoms with E-state index in [1.54, 1.807) is 31.2 Å². The number of anilines is 1. The minimum Gasteiger partial charge on any atom is -0.508 e. The van der Waals surface area contributed by atoms with Crippen molar-refractivity contribution in [1.29, 1.82) is 0 Å². The highest BCUT2D eigenvalue weighted by Crippen LogP contribution is 2.18. The minimum atomic E-state index is -0.613. The molecule has 0 unspecified atom stereocenters. The van der Waals surface area contributed by atoms with E-state index >= 15 is 0 Å². The monoisotopic (exact) mass is 341 g/mol. The lowest BCUT2D eigenvalue weighted by molar-refractivity contribution is -0.130. The first-order chi connectivity index (χ1) is 12.0. The smallest absolute Gasteiger partial charge is 0.342 e. The lowest BCUT2D eigenvalue weighted by atomic mass is 10.3. The summed E-state index contributed by atoms with van der Waals surface area (Å²) < 4.78 is 10.6. The summed E-state index contributed by atoms with van der Waals surface area (Å²) in [6.07, 6.45) is 0.404. The normalized spacial score (nSPS) is 9.96. The molecular formula is C19H19NO5. The van der Waals surface area contributed by atoms with Crippen LogP contribution in [0.15, 0.2) is 60.7 Å². The van der Waals surface area contributed by atoms with Gasteiger partial charge in [0.15, 0.2) is 0 Å². The van der Waals surface area contributed by atoms with Crippen LogP contribution >= 0.6 is 0 Å². The van der Waals surface area contributed by atoms with Crippen molar-refractivity contribution in [3.8, 4) is 17.2 Å². The highest BCUT2D eigenvalue weighted by atomic mass is 16.5. The molecule has 0 fully saturated rings. The van der Waals surface area contributed by atoms with E-state index in [-0.39, 0.29) is 23.8 Å². The molecular weight excluding hydrogens is 322 g/mol. The minimum absolute atomic E-state index is 0.0302. The number of hydrogen-bond acceptors (Lipinski definition) is 5. The van der Waals surface area contributed by atoms with Gasteiger partial charge < -0.3 is 19.9 Å². The topological polar surface area (TPSA) is 84.9 Å². The first-order valence-corrected chi connectivity index (χ1v) is 7.69. The van der Waals surface area contributed by atoms with Gasteiger partial charge in [0.1, 0.15) is 23.9 Å². The van der Waals surface area contributed by atoms with E-state index in [0.717, 1.165) is 0 Å². The van der Waals surface area contributed by atoms with Crippen LogP contribution in [-0.4, -0.2) is 23.6 Å². The van der Waals surface area contributed by atoms with Crippen molar-refractivity contribution in [2.45, 2.75) is 13.3 Å². The molecule has 25 heavy (non-hydrogen) atoms. The van der Waals surface area contributed by atoms with Crippen molar-refractivity contribution in [2.75, 3.05) is 11.9 Å². The van der Waals surface area contributed by atoms with Gasteiger partial charge in [0.2, 0.25) is 5.91 Å². The molecule has 6 nitrogen and oxygen atoms in total. The Hall–Kier alpha value is -3.28. The number of aromatic hydroxyl groups is 1. The molecule has 2 aromatic rings. The Morgan fingerprint density at radius 1 is 1.04 bits per heavy atom. The zero-order valence-electron chi connectivity index (χ0n) is 13.8. The Morgan fingerprint density at radius 2 is 1.64 bits per heavy atom. The fraction of sp³-hybridized carbons (Fsp3) is 0.158. The van der Waals surface area contributed by atoms with Gasteiger partial charge in [0.05, 0.1) is 5.57 Å². The van der Waals surface area contributed by atoms with Crippen LogP contribution in [0.5, 0.6) is 17.2 Å². The van der Waals surface area contributed by atoms with Gasteiger partial charge in [-0.15, -0.1) is 0 Å². The fourth-order valence-corrected chi connectivity index (χ4v) is 1.81. The molecule has 0 aliphatic heterocycles. The molecule has 6 heteroatoms. The van der Waals surface area contributed by atoms with Crippen LogP contribution in [0.25, 0.3) is 0 Å². The number of carbonyl (C=O) groups excluding carboxylic acids is 2. The molecule has 0 aliphatic carbocycles. The number of nitrogens with one attached hydrogen (secondary N) is 1. The molecule has 1 amide bonds. The van der Waals surface area contributed by atoms with E-state index in [1.165, 1.54) is 24.3 Å². The average Bonchev–Trinajstić information content (AvgIpc) is 2.62. The number of hydrogen-bond donors (Lipinski definition) is 2. The summed E-state index contributed by atoms with van der Waals surface area (Å²) in [7, 11) is 0. The van der Waals surface area contributed by atoms with Crippen molar-refractivity contribution in [3.05, 3.63) is 60.7 Å². The van der Waals surface area contributed by atoms with E-state index in [0.29, 0.717) is 23.6 Å². The average molecular weight is 341 g/mol. The fourth-order valence-electron chi connectivity index (χ4n) is 1.81. The maximum atomic E-state index is 11.9. The summed E-state index contributed by atoms with van der Waals surface area (Å²) in [6, 6.07) is 12.6. The number of carbonyl (C=O) groups is 2. The van der Waals surface area contributed by atoms with E-state index in [9.17, 15) is 14.7 Å².